The molecule has 4 heteroatoms. The van der Waals surface area contributed by atoms with Gasteiger partial charge >= 0.3 is 0 Å². The number of methoxy groups -OCH3 is 1. The first-order valence-corrected chi connectivity index (χ1v) is 7.58. The van der Waals surface area contributed by atoms with Gasteiger partial charge in [0.15, 0.2) is 0 Å². The molecule has 0 aliphatic carbocycles. The first kappa shape index (κ1) is 15.3. The molecule has 0 N–H and O–H groups in total. The monoisotopic (exact) mass is 309 g/mol. The highest BCUT2D eigenvalue weighted by molar-refractivity contribution is 5.76. The highest BCUT2D eigenvalue weighted by Crippen LogP contribution is 2.18. The number of fused-ring (bicyclic) bond motifs is 1. The van der Waals surface area contributed by atoms with Crippen LogP contribution in [0.5, 0.6) is 5.75 Å². The van der Waals surface area contributed by atoms with E-state index >= 15 is 0 Å². The summed E-state index contributed by atoms with van der Waals surface area (Å²) in [6, 6.07) is 17.5. The Labute approximate surface area is 135 Å². The van der Waals surface area contributed by atoms with E-state index in [2.05, 4.69) is 11.1 Å². The normalized spacial score (nSPS) is 11.8. The van der Waals surface area contributed by atoms with Gasteiger partial charge in [-0.25, -0.2) is 4.99 Å². The van der Waals surface area contributed by atoms with Crippen molar-refractivity contribution in [3.8, 4) is 5.75 Å². The predicted octanol–water partition coefficient (Wildman–Crippen LogP) is 4.21. The molecule has 0 spiro atoms. The highest BCUT2D eigenvalue weighted by Gasteiger charge is 2.04. The second kappa shape index (κ2) is 7.11. The molecule has 0 aliphatic rings. The van der Waals surface area contributed by atoms with Crippen molar-refractivity contribution in [1.82, 2.24) is 0 Å². The standard InChI is InChI=1S/C19H19NO3/c1-3-22-13-15-12-14-6-4-5-7-18(14)23-19(15)20-16-8-10-17(21-2)11-9-16/h4-12H,3,13H2,1-2H3. The van der Waals surface area contributed by atoms with Gasteiger partial charge in [0, 0.05) is 17.6 Å². The molecular formula is C19H19NO3. The molecule has 0 bridgehead atoms. The van der Waals surface area contributed by atoms with Gasteiger partial charge in [-0.05, 0) is 43.3 Å². The molecule has 0 fully saturated rings. The number of hydrogen-bond donors (Lipinski definition) is 0. The summed E-state index contributed by atoms with van der Waals surface area (Å²) in [6.07, 6.45) is 0. The fourth-order valence-corrected chi connectivity index (χ4v) is 2.30. The lowest BCUT2D eigenvalue weighted by Crippen LogP contribution is -2.10. The van der Waals surface area contributed by atoms with Crippen LogP contribution < -0.4 is 10.3 Å². The quantitative estimate of drug-likeness (QED) is 0.709. The van der Waals surface area contributed by atoms with Crippen LogP contribution in [-0.2, 0) is 11.3 Å². The number of para-hydroxylation sites is 1. The summed E-state index contributed by atoms with van der Waals surface area (Å²) in [5.41, 5.74) is 3.12. The van der Waals surface area contributed by atoms with Crippen molar-refractivity contribution in [2.75, 3.05) is 13.7 Å². The maximum Gasteiger partial charge on any atom is 0.225 e. The number of ether oxygens (including phenoxy) is 2. The van der Waals surface area contributed by atoms with Crippen molar-refractivity contribution < 1.29 is 13.9 Å². The van der Waals surface area contributed by atoms with Crippen LogP contribution >= 0.6 is 0 Å². The van der Waals surface area contributed by atoms with E-state index in [1.54, 1.807) is 7.11 Å². The molecule has 0 saturated carbocycles. The van der Waals surface area contributed by atoms with E-state index in [-0.39, 0.29) is 0 Å². The fraction of sp³-hybridized carbons (Fsp3) is 0.211. The van der Waals surface area contributed by atoms with Gasteiger partial charge < -0.3 is 13.9 Å². The molecule has 0 aliphatic heterocycles. The van der Waals surface area contributed by atoms with E-state index in [1.807, 2.05) is 55.5 Å². The molecule has 0 unspecified atom stereocenters. The fourth-order valence-electron chi connectivity index (χ4n) is 2.30. The van der Waals surface area contributed by atoms with Crippen LogP contribution in [0.2, 0.25) is 0 Å². The number of nitrogens with zero attached hydrogens (tertiary/aromatic N) is 1. The van der Waals surface area contributed by atoms with Crippen LogP contribution in [0, 0.1) is 0 Å². The van der Waals surface area contributed by atoms with Crippen molar-refractivity contribution in [3.05, 3.63) is 65.7 Å². The van der Waals surface area contributed by atoms with Crippen LogP contribution in [0.3, 0.4) is 0 Å². The van der Waals surface area contributed by atoms with Gasteiger partial charge in [-0.15, -0.1) is 0 Å². The zero-order valence-electron chi connectivity index (χ0n) is 13.3. The van der Waals surface area contributed by atoms with Crippen LogP contribution in [-0.4, -0.2) is 13.7 Å². The van der Waals surface area contributed by atoms with E-state index in [0.29, 0.717) is 18.8 Å². The SMILES string of the molecule is CCOCc1cc2ccccc2oc1=Nc1ccc(OC)cc1. The van der Waals surface area contributed by atoms with Crippen molar-refractivity contribution in [3.63, 3.8) is 0 Å². The Hall–Kier alpha value is -2.59. The Bertz CT molecular complexity index is 850. The summed E-state index contributed by atoms with van der Waals surface area (Å²) in [7, 11) is 1.64. The van der Waals surface area contributed by atoms with Gasteiger partial charge in [0.2, 0.25) is 5.55 Å². The molecule has 118 valence electrons. The topological polar surface area (TPSA) is 44.0 Å². The molecule has 0 atom stereocenters. The summed E-state index contributed by atoms with van der Waals surface area (Å²) in [4.78, 5) is 4.62. The highest BCUT2D eigenvalue weighted by atomic mass is 16.5. The first-order valence-electron chi connectivity index (χ1n) is 7.58. The summed E-state index contributed by atoms with van der Waals surface area (Å²) < 4.78 is 16.7. The predicted molar refractivity (Wildman–Crippen MR) is 89.8 cm³/mol. The Morgan fingerprint density at radius 1 is 1.04 bits per heavy atom. The third-order valence-electron chi connectivity index (χ3n) is 3.49. The molecule has 1 heterocycles. The molecule has 2 aromatic carbocycles. The summed E-state index contributed by atoms with van der Waals surface area (Å²) >= 11 is 0. The maximum absolute atomic E-state index is 5.97. The van der Waals surface area contributed by atoms with E-state index in [4.69, 9.17) is 13.9 Å². The minimum atomic E-state index is 0.472. The average molecular weight is 309 g/mol. The van der Waals surface area contributed by atoms with Crippen LogP contribution in [0.15, 0.2) is 64.0 Å². The van der Waals surface area contributed by atoms with Crippen LogP contribution in [0.1, 0.15) is 12.5 Å². The van der Waals surface area contributed by atoms with Gasteiger partial charge in [0.05, 0.1) is 19.4 Å². The lowest BCUT2D eigenvalue weighted by atomic mass is 10.2. The van der Waals surface area contributed by atoms with Crippen molar-refractivity contribution in [2.45, 2.75) is 13.5 Å². The molecule has 4 nitrogen and oxygen atoms in total. The molecule has 0 radical (unpaired) electrons. The first-order chi connectivity index (χ1) is 11.3. The van der Waals surface area contributed by atoms with E-state index in [0.717, 1.165) is 28.0 Å². The zero-order chi connectivity index (χ0) is 16.1. The molecule has 0 saturated heterocycles. The minimum Gasteiger partial charge on any atom is -0.497 e. The molecule has 3 rings (SSSR count). The van der Waals surface area contributed by atoms with Crippen LogP contribution in [0.4, 0.5) is 5.69 Å². The number of rotatable bonds is 5. The largest absolute Gasteiger partial charge is 0.497 e. The summed E-state index contributed by atoms with van der Waals surface area (Å²) in [6.45, 7) is 3.09. The van der Waals surface area contributed by atoms with Gasteiger partial charge in [-0.1, -0.05) is 18.2 Å². The maximum atomic E-state index is 5.97. The summed E-state index contributed by atoms with van der Waals surface area (Å²) in [5.74, 6) is 0.800. The van der Waals surface area contributed by atoms with Crippen molar-refractivity contribution in [2.24, 2.45) is 4.99 Å². The average Bonchev–Trinajstić information content (AvgIpc) is 2.60. The summed E-state index contributed by atoms with van der Waals surface area (Å²) in [5, 5.41) is 1.04. The van der Waals surface area contributed by atoms with E-state index in [9.17, 15) is 0 Å². The van der Waals surface area contributed by atoms with Gasteiger partial charge in [-0.2, -0.15) is 0 Å². The molecule has 0 amide bonds. The lowest BCUT2D eigenvalue weighted by Gasteiger charge is -2.05. The smallest absolute Gasteiger partial charge is 0.225 e. The van der Waals surface area contributed by atoms with Crippen molar-refractivity contribution >= 4 is 16.7 Å². The second-order valence-corrected chi connectivity index (χ2v) is 5.06. The minimum absolute atomic E-state index is 0.472. The molecular weight excluding hydrogens is 290 g/mol. The third-order valence-corrected chi connectivity index (χ3v) is 3.49. The van der Waals surface area contributed by atoms with E-state index in [1.165, 1.54) is 0 Å². The molecule has 23 heavy (non-hydrogen) atoms. The second-order valence-electron chi connectivity index (χ2n) is 5.06. The third kappa shape index (κ3) is 3.60. The van der Waals surface area contributed by atoms with Gasteiger partial charge in [0.25, 0.3) is 0 Å². The van der Waals surface area contributed by atoms with Gasteiger partial charge in [-0.3, -0.25) is 0 Å². The zero-order valence-corrected chi connectivity index (χ0v) is 13.3. The molecule has 3 aromatic rings. The Morgan fingerprint density at radius 3 is 2.57 bits per heavy atom. The number of hydrogen-bond acceptors (Lipinski definition) is 4. The lowest BCUT2D eigenvalue weighted by molar-refractivity contribution is 0.131. The Morgan fingerprint density at radius 2 is 1.83 bits per heavy atom. The number of benzene rings is 2. The Kier molecular flexibility index (Phi) is 4.74. The Balaban J connectivity index is 2.10. The van der Waals surface area contributed by atoms with Crippen LogP contribution in [0.25, 0.3) is 11.0 Å². The van der Waals surface area contributed by atoms with E-state index < -0.39 is 0 Å². The van der Waals surface area contributed by atoms with Crippen molar-refractivity contribution in [1.29, 1.82) is 0 Å². The van der Waals surface area contributed by atoms with Gasteiger partial charge in [0.1, 0.15) is 11.3 Å². The molecule has 1 aromatic heterocycles.